The molecule has 3 nitrogen and oxygen atoms in total. The van der Waals surface area contributed by atoms with Crippen LogP contribution in [0.1, 0.15) is 12.5 Å². The van der Waals surface area contributed by atoms with Crippen LogP contribution in [0.4, 0.5) is 0 Å². The van der Waals surface area contributed by atoms with Crippen LogP contribution >= 0.6 is 0 Å². The van der Waals surface area contributed by atoms with Gasteiger partial charge in [0.1, 0.15) is 11.4 Å². The number of aromatic hydroxyl groups is 1. The van der Waals surface area contributed by atoms with E-state index < -0.39 is 0 Å². The number of aromatic nitrogens is 2. The molecule has 0 aliphatic heterocycles. The Labute approximate surface area is 124 Å². The Balaban J connectivity index is 2.17. The molecule has 0 radical (unpaired) electrons. The average Bonchev–Trinajstić information content (AvgIpc) is 2.86. The van der Waals surface area contributed by atoms with Crippen molar-refractivity contribution in [1.82, 2.24) is 9.78 Å². The topological polar surface area (TPSA) is 38.0 Å². The zero-order valence-electron chi connectivity index (χ0n) is 12.2. The monoisotopic (exact) mass is 278 g/mol. The minimum absolute atomic E-state index is 0.243. The molecule has 0 aliphatic carbocycles. The minimum atomic E-state index is 0.243. The van der Waals surface area contributed by atoms with Crippen molar-refractivity contribution in [2.75, 3.05) is 0 Å². The molecule has 0 unspecified atom stereocenters. The van der Waals surface area contributed by atoms with Crippen LogP contribution in [0.3, 0.4) is 0 Å². The summed E-state index contributed by atoms with van der Waals surface area (Å²) in [5.74, 6) is 0.243. The van der Waals surface area contributed by atoms with Gasteiger partial charge in [0.25, 0.3) is 0 Å². The number of benzene rings is 2. The van der Waals surface area contributed by atoms with Gasteiger partial charge < -0.3 is 5.11 Å². The van der Waals surface area contributed by atoms with Crippen LogP contribution in [-0.2, 0) is 6.54 Å². The molecule has 106 valence electrons. The largest absolute Gasteiger partial charge is 0.504 e. The normalized spacial score (nSPS) is 10.8. The van der Waals surface area contributed by atoms with Crippen LogP contribution < -0.4 is 0 Å². The summed E-state index contributed by atoms with van der Waals surface area (Å²) in [6, 6.07) is 17.9. The summed E-state index contributed by atoms with van der Waals surface area (Å²) in [6.07, 6.45) is 0. The van der Waals surface area contributed by atoms with Crippen molar-refractivity contribution in [2.24, 2.45) is 0 Å². The Bertz CT molecular complexity index is 743. The molecule has 1 heterocycles. The minimum Gasteiger partial charge on any atom is -0.504 e. The Morgan fingerprint density at radius 2 is 1.62 bits per heavy atom. The second-order valence-electron chi connectivity index (χ2n) is 5.09. The number of hydrogen-bond acceptors (Lipinski definition) is 2. The van der Waals surface area contributed by atoms with Crippen molar-refractivity contribution in [2.45, 2.75) is 20.4 Å². The van der Waals surface area contributed by atoms with E-state index >= 15 is 0 Å². The predicted octanol–water partition coefficient (Wildman–Crippen LogP) is 4.25. The van der Waals surface area contributed by atoms with Crippen LogP contribution in [0.2, 0.25) is 0 Å². The van der Waals surface area contributed by atoms with Gasteiger partial charge in [-0.05, 0) is 13.8 Å². The van der Waals surface area contributed by atoms with E-state index in [1.165, 1.54) is 5.56 Å². The molecular weight excluding hydrogens is 260 g/mol. The van der Waals surface area contributed by atoms with Crippen molar-refractivity contribution < 1.29 is 5.11 Å². The Kier molecular flexibility index (Phi) is 3.48. The molecule has 1 aromatic heterocycles. The Hall–Kier alpha value is -2.55. The lowest BCUT2D eigenvalue weighted by Crippen LogP contribution is -1.99. The van der Waals surface area contributed by atoms with Gasteiger partial charge in [0.05, 0.1) is 0 Å². The summed E-state index contributed by atoms with van der Waals surface area (Å²) in [6.45, 7) is 4.79. The number of nitrogens with zero attached hydrogens (tertiary/aromatic N) is 2. The Morgan fingerprint density at radius 1 is 0.952 bits per heavy atom. The SMILES string of the molecule is CCn1nc(-c2ccccc2)c(O)c1-c1ccc(C)cc1. The van der Waals surface area contributed by atoms with E-state index in [1.807, 2.05) is 66.2 Å². The van der Waals surface area contributed by atoms with Gasteiger partial charge >= 0.3 is 0 Å². The summed E-state index contributed by atoms with van der Waals surface area (Å²) < 4.78 is 1.85. The molecule has 0 saturated carbocycles. The van der Waals surface area contributed by atoms with Crippen LogP contribution in [0.25, 0.3) is 22.5 Å². The molecule has 3 rings (SSSR count). The van der Waals surface area contributed by atoms with E-state index in [0.717, 1.165) is 16.8 Å². The van der Waals surface area contributed by atoms with E-state index in [-0.39, 0.29) is 5.75 Å². The highest BCUT2D eigenvalue weighted by molar-refractivity contribution is 5.78. The first kappa shape index (κ1) is 13.4. The quantitative estimate of drug-likeness (QED) is 0.777. The Morgan fingerprint density at radius 3 is 2.24 bits per heavy atom. The predicted molar refractivity (Wildman–Crippen MR) is 85.2 cm³/mol. The van der Waals surface area contributed by atoms with Crippen molar-refractivity contribution in [1.29, 1.82) is 0 Å². The number of hydrogen-bond donors (Lipinski definition) is 1. The van der Waals surface area contributed by atoms with Gasteiger partial charge in [0.15, 0.2) is 5.75 Å². The van der Waals surface area contributed by atoms with E-state index in [9.17, 15) is 5.11 Å². The highest BCUT2D eigenvalue weighted by Crippen LogP contribution is 2.37. The van der Waals surface area contributed by atoms with Crippen molar-refractivity contribution >= 4 is 0 Å². The number of rotatable bonds is 3. The lowest BCUT2D eigenvalue weighted by Gasteiger charge is -2.05. The fourth-order valence-corrected chi connectivity index (χ4v) is 2.47. The summed E-state index contributed by atoms with van der Waals surface area (Å²) in [7, 11) is 0. The van der Waals surface area contributed by atoms with Gasteiger partial charge in [-0.2, -0.15) is 5.10 Å². The maximum Gasteiger partial charge on any atom is 0.169 e. The molecule has 0 fully saturated rings. The van der Waals surface area contributed by atoms with Crippen LogP contribution in [0, 0.1) is 6.92 Å². The second kappa shape index (κ2) is 5.44. The summed E-state index contributed by atoms with van der Waals surface area (Å²) in [5, 5.41) is 15.2. The highest BCUT2D eigenvalue weighted by atomic mass is 16.3. The molecule has 2 aromatic carbocycles. The molecule has 3 aromatic rings. The smallest absolute Gasteiger partial charge is 0.169 e. The van der Waals surface area contributed by atoms with Gasteiger partial charge in [-0.3, -0.25) is 4.68 Å². The summed E-state index contributed by atoms with van der Waals surface area (Å²) >= 11 is 0. The lowest BCUT2D eigenvalue weighted by molar-refractivity contribution is 0.478. The second-order valence-corrected chi connectivity index (χ2v) is 5.09. The van der Waals surface area contributed by atoms with E-state index in [4.69, 9.17) is 0 Å². The van der Waals surface area contributed by atoms with Gasteiger partial charge in [-0.25, -0.2) is 0 Å². The molecule has 0 amide bonds. The molecule has 0 aliphatic rings. The van der Waals surface area contributed by atoms with Crippen molar-refractivity contribution in [3.05, 3.63) is 60.2 Å². The van der Waals surface area contributed by atoms with E-state index in [0.29, 0.717) is 12.2 Å². The first-order valence-electron chi connectivity index (χ1n) is 7.13. The number of aryl methyl sites for hydroxylation is 2. The van der Waals surface area contributed by atoms with Crippen LogP contribution in [0.5, 0.6) is 5.75 Å². The zero-order valence-corrected chi connectivity index (χ0v) is 12.2. The van der Waals surface area contributed by atoms with Gasteiger partial charge in [0, 0.05) is 17.7 Å². The highest BCUT2D eigenvalue weighted by Gasteiger charge is 2.18. The van der Waals surface area contributed by atoms with Crippen molar-refractivity contribution in [3.8, 4) is 28.3 Å². The summed E-state index contributed by atoms with van der Waals surface area (Å²) in [4.78, 5) is 0. The molecule has 0 saturated heterocycles. The van der Waals surface area contributed by atoms with Crippen LogP contribution in [0.15, 0.2) is 54.6 Å². The third-order valence-electron chi connectivity index (χ3n) is 3.60. The molecular formula is C18H18N2O. The van der Waals surface area contributed by atoms with Gasteiger partial charge in [0.2, 0.25) is 0 Å². The molecule has 0 bridgehead atoms. The lowest BCUT2D eigenvalue weighted by atomic mass is 10.1. The maximum absolute atomic E-state index is 10.6. The maximum atomic E-state index is 10.6. The van der Waals surface area contributed by atoms with E-state index in [1.54, 1.807) is 0 Å². The van der Waals surface area contributed by atoms with Crippen molar-refractivity contribution in [3.63, 3.8) is 0 Å². The summed E-state index contributed by atoms with van der Waals surface area (Å²) in [5.41, 5.74) is 4.51. The van der Waals surface area contributed by atoms with Gasteiger partial charge in [-0.1, -0.05) is 60.2 Å². The molecule has 3 heteroatoms. The third kappa shape index (κ3) is 2.42. The van der Waals surface area contributed by atoms with Gasteiger partial charge in [-0.15, -0.1) is 0 Å². The first-order chi connectivity index (χ1) is 10.2. The molecule has 0 atom stereocenters. The molecule has 1 N–H and O–H groups in total. The van der Waals surface area contributed by atoms with Crippen LogP contribution in [-0.4, -0.2) is 14.9 Å². The fraction of sp³-hybridized carbons (Fsp3) is 0.167. The third-order valence-corrected chi connectivity index (χ3v) is 3.60. The first-order valence-corrected chi connectivity index (χ1v) is 7.13. The zero-order chi connectivity index (χ0) is 14.8. The van der Waals surface area contributed by atoms with E-state index in [2.05, 4.69) is 12.0 Å². The standard InChI is InChI=1S/C18H18N2O/c1-3-20-17(15-11-9-13(2)10-12-15)18(21)16(19-20)14-7-5-4-6-8-14/h4-12,21H,3H2,1-2H3. The molecule has 21 heavy (non-hydrogen) atoms. The fourth-order valence-electron chi connectivity index (χ4n) is 2.47. The average molecular weight is 278 g/mol. The molecule has 0 spiro atoms.